The SMILES string of the molecule is CCC(O)CN(CC)NNN=O. The highest BCUT2D eigenvalue weighted by atomic mass is 16.3. The van der Waals surface area contributed by atoms with Crippen LogP contribution in [-0.4, -0.2) is 29.3 Å². The molecule has 0 fully saturated rings. The minimum Gasteiger partial charge on any atom is -0.392 e. The maximum Gasteiger partial charge on any atom is 0.0679 e. The van der Waals surface area contributed by atoms with E-state index in [0.717, 1.165) is 0 Å². The van der Waals surface area contributed by atoms with Crippen LogP contribution in [0.5, 0.6) is 0 Å². The molecule has 12 heavy (non-hydrogen) atoms. The van der Waals surface area contributed by atoms with Crippen LogP contribution < -0.4 is 11.1 Å². The molecule has 0 saturated carbocycles. The topological polar surface area (TPSA) is 77.0 Å². The van der Waals surface area contributed by atoms with Gasteiger partial charge < -0.3 is 5.11 Å². The summed E-state index contributed by atoms with van der Waals surface area (Å²) in [5.41, 5.74) is 4.59. The molecule has 1 atom stereocenters. The fourth-order valence-electron chi connectivity index (χ4n) is 0.728. The predicted octanol–water partition coefficient (Wildman–Crippen LogP) is -0.230. The number of aliphatic hydroxyl groups is 1. The molecule has 0 spiro atoms. The van der Waals surface area contributed by atoms with Crippen molar-refractivity contribution in [2.45, 2.75) is 26.4 Å². The van der Waals surface area contributed by atoms with Crippen molar-refractivity contribution in [3.63, 3.8) is 0 Å². The molecule has 0 aromatic carbocycles. The third kappa shape index (κ3) is 5.00. The molecule has 0 aliphatic heterocycles. The van der Waals surface area contributed by atoms with E-state index in [1.807, 2.05) is 13.8 Å². The highest BCUT2D eigenvalue weighted by molar-refractivity contribution is 4.56. The lowest BCUT2D eigenvalue weighted by Gasteiger charge is -2.21. The Kier molecular flexibility index (Phi) is 6.54. The summed E-state index contributed by atoms with van der Waals surface area (Å²) in [5, 5.41) is 13.3. The molecule has 0 rings (SSSR count). The second-order valence-corrected chi connectivity index (χ2v) is 2.42. The van der Waals surface area contributed by atoms with Crippen LogP contribution in [0.1, 0.15) is 20.3 Å². The smallest absolute Gasteiger partial charge is 0.0679 e. The quantitative estimate of drug-likeness (QED) is 0.369. The summed E-state index contributed by atoms with van der Waals surface area (Å²) in [4.78, 5) is 9.67. The Balaban J connectivity index is 3.58. The monoisotopic (exact) mass is 176 g/mol. The zero-order valence-corrected chi connectivity index (χ0v) is 7.45. The molecule has 0 heterocycles. The molecule has 1 unspecified atom stereocenters. The number of nitrogens with zero attached hydrogens (tertiary/aromatic N) is 2. The fourth-order valence-corrected chi connectivity index (χ4v) is 0.728. The van der Waals surface area contributed by atoms with E-state index in [0.29, 0.717) is 19.5 Å². The van der Waals surface area contributed by atoms with Crippen molar-refractivity contribution < 1.29 is 5.11 Å². The highest BCUT2D eigenvalue weighted by Gasteiger charge is 2.06. The van der Waals surface area contributed by atoms with E-state index < -0.39 is 0 Å². The minimum atomic E-state index is -0.383. The molecule has 6 heteroatoms. The first kappa shape index (κ1) is 11.3. The zero-order valence-electron chi connectivity index (χ0n) is 7.45. The van der Waals surface area contributed by atoms with Gasteiger partial charge in [0.1, 0.15) is 0 Å². The van der Waals surface area contributed by atoms with E-state index in [1.54, 1.807) is 5.01 Å². The van der Waals surface area contributed by atoms with Crippen LogP contribution in [0.4, 0.5) is 0 Å². The molecule has 3 N–H and O–H groups in total. The highest BCUT2D eigenvalue weighted by Crippen LogP contribution is 1.92. The molecule has 0 radical (unpaired) electrons. The number of likely N-dealkylation sites (N-methyl/N-ethyl adjacent to an activating group) is 1. The summed E-state index contributed by atoms with van der Waals surface area (Å²) < 4.78 is 0. The average Bonchev–Trinajstić information content (AvgIpc) is 2.11. The van der Waals surface area contributed by atoms with E-state index in [2.05, 4.69) is 16.4 Å². The predicted molar refractivity (Wildman–Crippen MR) is 45.6 cm³/mol. The number of hydrogen-bond donors (Lipinski definition) is 3. The summed E-state index contributed by atoms with van der Waals surface area (Å²) in [6.07, 6.45) is 0.304. The van der Waals surface area contributed by atoms with Crippen molar-refractivity contribution in [3.8, 4) is 0 Å². The van der Waals surface area contributed by atoms with Gasteiger partial charge in [-0.05, 0) is 6.42 Å². The van der Waals surface area contributed by atoms with Gasteiger partial charge in [-0.15, -0.1) is 4.91 Å². The Hall–Kier alpha value is -0.720. The van der Waals surface area contributed by atoms with Crippen LogP contribution in [0, 0.1) is 4.91 Å². The summed E-state index contributed by atoms with van der Waals surface area (Å²) in [6, 6.07) is 0. The van der Waals surface area contributed by atoms with Gasteiger partial charge in [0.15, 0.2) is 0 Å². The molecule has 0 aliphatic carbocycles. The van der Waals surface area contributed by atoms with E-state index >= 15 is 0 Å². The lowest BCUT2D eigenvalue weighted by molar-refractivity contribution is 0.0688. The second-order valence-electron chi connectivity index (χ2n) is 2.42. The molecule has 0 bridgehead atoms. The number of hydrazine groups is 2. The van der Waals surface area contributed by atoms with Crippen LogP contribution in [0.25, 0.3) is 0 Å². The third-order valence-corrected chi connectivity index (χ3v) is 1.54. The Morgan fingerprint density at radius 1 is 1.58 bits per heavy atom. The van der Waals surface area contributed by atoms with Gasteiger partial charge in [0.05, 0.1) is 11.4 Å². The Bertz CT molecular complexity index is 122. The Morgan fingerprint density at radius 2 is 2.25 bits per heavy atom. The van der Waals surface area contributed by atoms with Crippen LogP contribution >= 0.6 is 0 Å². The number of aliphatic hydroxyl groups excluding tert-OH is 1. The zero-order chi connectivity index (χ0) is 9.40. The molecule has 0 aromatic heterocycles. The fraction of sp³-hybridized carbons (Fsp3) is 1.00. The summed E-state index contributed by atoms with van der Waals surface area (Å²) in [5.74, 6) is 0. The number of rotatable bonds is 7. The van der Waals surface area contributed by atoms with Crippen molar-refractivity contribution >= 4 is 0 Å². The van der Waals surface area contributed by atoms with Gasteiger partial charge in [0.25, 0.3) is 0 Å². The van der Waals surface area contributed by atoms with Crippen LogP contribution in [0.2, 0.25) is 0 Å². The molecular weight excluding hydrogens is 160 g/mol. The lowest BCUT2D eigenvalue weighted by atomic mass is 10.3. The Labute approximate surface area is 71.8 Å². The molecule has 0 amide bonds. The second kappa shape index (κ2) is 6.96. The van der Waals surface area contributed by atoms with Gasteiger partial charge in [0.2, 0.25) is 0 Å². The minimum absolute atomic E-state index is 0.383. The van der Waals surface area contributed by atoms with Crippen LogP contribution in [-0.2, 0) is 0 Å². The van der Waals surface area contributed by atoms with E-state index in [4.69, 9.17) is 0 Å². The first-order valence-corrected chi connectivity index (χ1v) is 4.00. The van der Waals surface area contributed by atoms with E-state index in [9.17, 15) is 10.0 Å². The molecule has 0 aromatic rings. The molecule has 0 saturated heterocycles. The Morgan fingerprint density at radius 3 is 2.67 bits per heavy atom. The number of nitrogens with one attached hydrogen (secondary N) is 2. The third-order valence-electron chi connectivity index (χ3n) is 1.54. The van der Waals surface area contributed by atoms with Gasteiger partial charge in [-0.3, -0.25) is 0 Å². The van der Waals surface area contributed by atoms with Gasteiger partial charge in [-0.2, -0.15) is 11.1 Å². The first-order valence-electron chi connectivity index (χ1n) is 4.00. The van der Waals surface area contributed by atoms with Crippen molar-refractivity contribution in [2.75, 3.05) is 13.1 Å². The summed E-state index contributed by atoms with van der Waals surface area (Å²) in [7, 11) is 0. The van der Waals surface area contributed by atoms with E-state index in [-0.39, 0.29) is 6.10 Å². The largest absolute Gasteiger partial charge is 0.392 e. The van der Waals surface area contributed by atoms with Gasteiger partial charge in [-0.1, -0.05) is 13.8 Å². The first-order chi connectivity index (χ1) is 5.74. The molecule has 0 aliphatic rings. The normalized spacial score (nSPS) is 13.0. The summed E-state index contributed by atoms with van der Waals surface area (Å²) >= 11 is 0. The van der Waals surface area contributed by atoms with Crippen molar-refractivity contribution in [1.82, 2.24) is 16.1 Å². The van der Waals surface area contributed by atoms with Crippen molar-refractivity contribution in [1.29, 1.82) is 0 Å². The van der Waals surface area contributed by atoms with Gasteiger partial charge >= 0.3 is 0 Å². The van der Waals surface area contributed by atoms with Crippen molar-refractivity contribution in [2.24, 2.45) is 5.29 Å². The van der Waals surface area contributed by atoms with Crippen molar-refractivity contribution in [3.05, 3.63) is 4.91 Å². The molecular formula is C6H16N4O2. The maximum atomic E-state index is 9.67. The van der Waals surface area contributed by atoms with E-state index in [1.165, 1.54) is 0 Å². The number of nitroso groups, excluding NO2 is 1. The van der Waals surface area contributed by atoms with Crippen LogP contribution in [0.15, 0.2) is 5.29 Å². The lowest BCUT2D eigenvalue weighted by Crippen LogP contribution is -2.47. The van der Waals surface area contributed by atoms with Crippen LogP contribution in [0.3, 0.4) is 0 Å². The average molecular weight is 176 g/mol. The standard InChI is InChI=1S/C6H16N4O2/c1-3-6(11)5-10(4-2)8-7-9-12/h6,11H,3-5H2,1-2H3,(H,7,12)(H,8,9). The number of hydrogen-bond acceptors (Lipinski definition) is 5. The molecule has 6 nitrogen and oxygen atoms in total. The summed E-state index contributed by atoms with van der Waals surface area (Å²) in [6.45, 7) is 4.95. The molecule has 72 valence electrons. The van der Waals surface area contributed by atoms with Gasteiger partial charge in [0, 0.05) is 13.1 Å². The maximum absolute atomic E-state index is 9.67. The van der Waals surface area contributed by atoms with Gasteiger partial charge in [-0.25, -0.2) is 5.01 Å².